The first kappa shape index (κ1) is 16.8. The monoisotopic (exact) mass is 294 g/mol. The minimum Gasteiger partial charge on any atom is -0.508 e. The molecular formula is C15H22N2O4. The van der Waals surface area contributed by atoms with E-state index < -0.39 is 12.5 Å². The minimum atomic E-state index is -1.08. The number of phenolic OH excluding ortho intramolecular Hbond substituents is 1. The maximum Gasteiger partial charge on any atom is 0.325 e. The first-order valence-electron chi connectivity index (χ1n) is 7.06. The molecule has 0 aromatic heterocycles. The largest absolute Gasteiger partial charge is 0.508 e. The summed E-state index contributed by atoms with van der Waals surface area (Å²) < 4.78 is 0. The molecule has 0 heterocycles. The van der Waals surface area contributed by atoms with Gasteiger partial charge in [-0.3, -0.25) is 9.69 Å². The van der Waals surface area contributed by atoms with Gasteiger partial charge >= 0.3 is 12.0 Å². The first-order valence-corrected chi connectivity index (χ1v) is 7.06. The molecule has 1 aromatic rings. The molecule has 116 valence electrons. The topological polar surface area (TPSA) is 81.1 Å². The summed E-state index contributed by atoms with van der Waals surface area (Å²) in [6, 6.07) is 5.60. The molecule has 21 heavy (non-hydrogen) atoms. The number of aliphatic carboxylic acids is 1. The minimum absolute atomic E-state index is 0.0699. The van der Waals surface area contributed by atoms with Gasteiger partial charge < -0.3 is 15.1 Å². The van der Waals surface area contributed by atoms with Crippen molar-refractivity contribution in [1.29, 1.82) is 0 Å². The van der Waals surface area contributed by atoms with Crippen LogP contribution >= 0.6 is 0 Å². The van der Waals surface area contributed by atoms with Gasteiger partial charge in [0.25, 0.3) is 0 Å². The number of carboxylic acids is 1. The van der Waals surface area contributed by atoms with Gasteiger partial charge in [0.1, 0.15) is 12.3 Å². The van der Waals surface area contributed by atoms with E-state index in [1.54, 1.807) is 4.90 Å². The second kappa shape index (κ2) is 8.14. The molecular weight excluding hydrogens is 272 g/mol. The Hall–Kier alpha value is -2.24. The van der Waals surface area contributed by atoms with E-state index in [1.165, 1.54) is 29.2 Å². The molecule has 2 N–H and O–H groups in total. The van der Waals surface area contributed by atoms with Crippen LogP contribution in [0.5, 0.6) is 5.75 Å². The lowest BCUT2D eigenvalue weighted by atomic mass is 10.2. The summed E-state index contributed by atoms with van der Waals surface area (Å²) in [5, 5.41) is 18.3. The lowest BCUT2D eigenvalue weighted by Gasteiger charge is -2.29. The van der Waals surface area contributed by atoms with E-state index in [2.05, 4.69) is 0 Å². The van der Waals surface area contributed by atoms with Crippen molar-refractivity contribution in [2.45, 2.75) is 26.7 Å². The van der Waals surface area contributed by atoms with Crippen LogP contribution in [0.1, 0.15) is 26.7 Å². The van der Waals surface area contributed by atoms with Crippen LogP contribution in [-0.2, 0) is 4.79 Å². The molecule has 0 aliphatic rings. The number of carboxylic acid groups (broad SMARTS) is 1. The normalized spacial score (nSPS) is 10.2. The fourth-order valence-corrected chi connectivity index (χ4v) is 2.05. The average molecular weight is 294 g/mol. The Morgan fingerprint density at radius 3 is 2.00 bits per heavy atom. The van der Waals surface area contributed by atoms with Gasteiger partial charge in [0.2, 0.25) is 0 Å². The summed E-state index contributed by atoms with van der Waals surface area (Å²) in [6.07, 6.45) is 1.62. The van der Waals surface area contributed by atoms with Gasteiger partial charge in [-0.05, 0) is 37.1 Å². The molecule has 0 bridgehead atoms. The summed E-state index contributed by atoms with van der Waals surface area (Å²) in [4.78, 5) is 26.5. The fraction of sp³-hybridized carbons (Fsp3) is 0.467. The van der Waals surface area contributed by atoms with Crippen molar-refractivity contribution in [3.8, 4) is 5.75 Å². The molecule has 0 atom stereocenters. The number of benzene rings is 1. The number of amides is 2. The smallest absolute Gasteiger partial charge is 0.325 e. The molecule has 0 aliphatic heterocycles. The van der Waals surface area contributed by atoms with E-state index in [9.17, 15) is 14.7 Å². The molecule has 6 heteroatoms. The molecule has 0 aliphatic carbocycles. The van der Waals surface area contributed by atoms with Crippen molar-refractivity contribution in [3.05, 3.63) is 24.3 Å². The summed E-state index contributed by atoms with van der Waals surface area (Å²) >= 11 is 0. The number of phenols is 1. The number of hydrogen-bond donors (Lipinski definition) is 2. The van der Waals surface area contributed by atoms with Crippen molar-refractivity contribution >= 4 is 17.7 Å². The van der Waals surface area contributed by atoms with E-state index in [-0.39, 0.29) is 11.8 Å². The van der Waals surface area contributed by atoms with Crippen LogP contribution in [0.4, 0.5) is 10.5 Å². The Labute approximate surface area is 124 Å². The fourth-order valence-electron chi connectivity index (χ4n) is 2.05. The SMILES string of the molecule is CCCN(CCC)C(=O)N(CC(=O)O)c1ccc(O)cc1. The molecule has 0 saturated heterocycles. The highest BCUT2D eigenvalue weighted by molar-refractivity contribution is 5.96. The van der Waals surface area contributed by atoms with Crippen LogP contribution in [0, 0.1) is 0 Å². The average Bonchev–Trinajstić information content (AvgIpc) is 2.45. The lowest BCUT2D eigenvalue weighted by molar-refractivity contribution is -0.135. The van der Waals surface area contributed by atoms with Gasteiger partial charge in [-0.2, -0.15) is 0 Å². The van der Waals surface area contributed by atoms with Crippen molar-refractivity contribution in [3.63, 3.8) is 0 Å². The van der Waals surface area contributed by atoms with E-state index in [0.29, 0.717) is 18.8 Å². The van der Waals surface area contributed by atoms with Gasteiger partial charge in [0.05, 0.1) is 0 Å². The molecule has 6 nitrogen and oxygen atoms in total. The van der Waals surface area contributed by atoms with Gasteiger partial charge in [-0.15, -0.1) is 0 Å². The van der Waals surface area contributed by atoms with Crippen LogP contribution in [0.2, 0.25) is 0 Å². The molecule has 0 spiro atoms. The second-order valence-corrected chi connectivity index (χ2v) is 4.77. The third kappa shape index (κ3) is 4.98. The number of rotatable bonds is 7. The Kier molecular flexibility index (Phi) is 6.52. The van der Waals surface area contributed by atoms with Crippen LogP contribution in [-0.4, -0.2) is 46.7 Å². The summed E-state index contributed by atoms with van der Waals surface area (Å²) in [5.74, 6) is -1.01. The zero-order valence-corrected chi connectivity index (χ0v) is 12.5. The van der Waals surface area contributed by atoms with Crippen molar-refractivity contribution in [1.82, 2.24) is 4.90 Å². The standard InChI is InChI=1S/C15H22N2O4/c1-3-9-16(10-4-2)15(21)17(11-14(19)20)12-5-7-13(18)8-6-12/h5-8,18H,3-4,9-11H2,1-2H3,(H,19,20). The molecule has 0 fully saturated rings. The lowest BCUT2D eigenvalue weighted by Crippen LogP contribution is -2.46. The van der Waals surface area contributed by atoms with Crippen molar-refractivity contribution in [2.24, 2.45) is 0 Å². The van der Waals surface area contributed by atoms with Gasteiger partial charge in [0, 0.05) is 18.8 Å². The maximum absolute atomic E-state index is 12.6. The number of nitrogens with zero attached hydrogens (tertiary/aromatic N) is 2. The van der Waals surface area contributed by atoms with Crippen molar-refractivity contribution < 1.29 is 19.8 Å². The number of carbonyl (C=O) groups excluding carboxylic acids is 1. The van der Waals surface area contributed by atoms with E-state index in [4.69, 9.17) is 5.11 Å². The highest BCUT2D eigenvalue weighted by Crippen LogP contribution is 2.20. The molecule has 2 amide bonds. The Balaban J connectivity index is 3.02. The molecule has 0 radical (unpaired) electrons. The Bertz CT molecular complexity index is 467. The highest BCUT2D eigenvalue weighted by Gasteiger charge is 2.23. The number of hydrogen-bond acceptors (Lipinski definition) is 3. The van der Waals surface area contributed by atoms with Gasteiger partial charge in [-0.1, -0.05) is 13.8 Å². The van der Waals surface area contributed by atoms with E-state index in [0.717, 1.165) is 12.8 Å². The number of carbonyl (C=O) groups is 2. The summed E-state index contributed by atoms with van der Waals surface area (Å²) in [5.41, 5.74) is 0.456. The van der Waals surface area contributed by atoms with E-state index in [1.807, 2.05) is 13.8 Å². The molecule has 1 rings (SSSR count). The van der Waals surface area contributed by atoms with Crippen LogP contribution in [0.25, 0.3) is 0 Å². The third-order valence-corrected chi connectivity index (χ3v) is 2.94. The van der Waals surface area contributed by atoms with Crippen LogP contribution in [0.3, 0.4) is 0 Å². The first-order chi connectivity index (χ1) is 9.99. The Morgan fingerprint density at radius 2 is 1.57 bits per heavy atom. The molecule has 0 unspecified atom stereocenters. The van der Waals surface area contributed by atoms with Gasteiger partial charge in [0.15, 0.2) is 0 Å². The number of aromatic hydroxyl groups is 1. The van der Waals surface area contributed by atoms with Gasteiger partial charge in [-0.25, -0.2) is 4.79 Å². The predicted octanol–water partition coefficient (Wildman–Crippen LogP) is 2.53. The van der Waals surface area contributed by atoms with Crippen LogP contribution in [0.15, 0.2) is 24.3 Å². The zero-order chi connectivity index (χ0) is 15.8. The summed E-state index contributed by atoms with van der Waals surface area (Å²) in [6.45, 7) is 4.70. The summed E-state index contributed by atoms with van der Waals surface area (Å²) in [7, 11) is 0. The van der Waals surface area contributed by atoms with Crippen LogP contribution < -0.4 is 4.90 Å². The third-order valence-electron chi connectivity index (χ3n) is 2.94. The highest BCUT2D eigenvalue weighted by atomic mass is 16.4. The molecule has 0 saturated carbocycles. The number of urea groups is 1. The number of anilines is 1. The molecule has 1 aromatic carbocycles. The predicted molar refractivity (Wildman–Crippen MR) is 80.6 cm³/mol. The maximum atomic E-state index is 12.6. The zero-order valence-electron chi connectivity index (χ0n) is 12.5. The second-order valence-electron chi connectivity index (χ2n) is 4.77. The Morgan fingerprint density at radius 1 is 1.05 bits per heavy atom. The van der Waals surface area contributed by atoms with E-state index >= 15 is 0 Å². The van der Waals surface area contributed by atoms with Crippen molar-refractivity contribution in [2.75, 3.05) is 24.5 Å². The quantitative estimate of drug-likeness (QED) is 0.809.